The smallest absolute Gasteiger partial charge is 0.325 e. The summed E-state index contributed by atoms with van der Waals surface area (Å²) in [5, 5.41) is 7.83. The summed E-state index contributed by atoms with van der Waals surface area (Å²) < 4.78 is 1.02. The molecule has 3 amide bonds. The van der Waals surface area contributed by atoms with Crippen molar-refractivity contribution in [2.45, 2.75) is 19.4 Å². The molecule has 1 fully saturated rings. The number of hydrogen-bond acceptors (Lipinski definition) is 6. The van der Waals surface area contributed by atoms with Crippen molar-refractivity contribution in [3.05, 3.63) is 52.4 Å². The number of thiophene rings is 1. The molecule has 9 heteroatoms. The number of benzene rings is 1. The molecule has 2 aromatic heterocycles. The maximum Gasteiger partial charge on any atom is 0.325 e. The Bertz CT molecular complexity index is 1100. The molecule has 7 nitrogen and oxygen atoms in total. The number of nitrogens with zero attached hydrogens (tertiary/aromatic N) is 3. The maximum absolute atomic E-state index is 12.3. The molecule has 2 N–H and O–H groups in total. The zero-order valence-electron chi connectivity index (χ0n) is 16.5. The van der Waals surface area contributed by atoms with Gasteiger partial charge in [-0.3, -0.25) is 9.69 Å². The minimum Gasteiger partial charge on any atom is -0.352 e. The predicted octanol–water partition coefficient (Wildman–Crippen LogP) is 4.38. The first-order valence-electron chi connectivity index (χ1n) is 9.40. The highest BCUT2D eigenvalue weighted by Gasteiger charge is 2.43. The third-order valence-electron chi connectivity index (χ3n) is 4.76. The molecule has 1 aliphatic heterocycles. The Morgan fingerprint density at radius 2 is 1.97 bits per heavy atom. The van der Waals surface area contributed by atoms with Crippen molar-refractivity contribution in [1.29, 1.82) is 0 Å². The van der Waals surface area contributed by atoms with E-state index in [1.165, 1.54) is 4.90 Å². The van der Waals surface area contributed by atoms with Gasteiger partial charge in [0.2, 0.25) is 5.95 Å². The van der Waals surface area contributed by atoms with Crippen LogP contribution in [0.2, 0.25) is 0 Å². The van der Waals surface area contributed by atoms with Crippen molar-refractivity contribution in [3.63, 3.8) is 0 Å². The van der Waals surface area contributed by atoms with Gasteiger partial charge < -0.3 is 10.6 Å². The molecule has 1 aliphatic rings. The average Bonchev–Trinajstić information content (AvgIpc) is 3.20. The van der Waals surface area contributed by atoms with E-state index in [0.29, 0.717) is 12.5 Å². The van der Waals surface area contributed by atoms with Crippen LogP contribution in [0.25, 0.3) is 21.7 Å². The van der Waals surface area contributed by atoms with Gasteiger partial charge in [0, 0.05) is 34.7 Å². The Morgan fingerprint density at radius 3 is 2.67 bits per heavy atom. The van der Waals surface area contributed by atoms with Crippen molar-refractivity contribution in [3.8, 4) is 21.7 Å². The molecule has 30 heavy (non-hydrogen) atoms. The number of imide groups is 1. The fourth-order valence-corrected chi connectivity index (χ4v) is 5.03. The molecule has 4 rings (SSSR count). The summed E-state index contributed by atoms with van der Waals surface area (Å²) >= 11 is 5.25. The standard InChI is InChI=1S/C21H20BrN5O2S/c1-21(2)18(28)27(20(29)26-21)11-10-24-19-23-9-8-15(25-19)17-16(14(22)12-30-17)13-6-4-3-5-7-13/h3-9,12H,10-11H2,1-2H3,(H,26,29)(H,23,24,25). The fraction of sp³-hybridized carbons (Fsp3) is 0.238. The normalized spacial score (nSPS) is 15.4. The number of anilines is 1. The summed E-state index contributed by atoms with van der Waals surface area (Å²) in [6.07, 6.45) is 1.70. The van der Waals surface area contributed by atoms with E-state index in [4.69, 9.17) is 0 Å². The lowest BCUT2D eigenvalue weighted by atomic mass is 10.1. The van der Waals surface area contributed by atoms with Gasteiger partial charge in [0.1, 0.15) is 5.54 Å². The third kappa shape index (κ3) is 3.95. The fourth-order valence-electron chi connectivity index (χ4n) is 3.27. The lowest BCUT2D eigenvalue weighted by molar-refractivity contribution is -0.130. The molecular weight excluding hydrogens is 466 g/mol. The Morgan fingerprint density at radius 1 is 1.20 bits per heavy atom. The first-order chi connectivity index (χ1) is 14.4. The van der Waals surface area contributed by atoms with Gasteiger partial charge >= 0.3 is 6.03 Å². The quantitative estimate of drug-likeness (QED) is 0.505. The monoisotopic (exact) mass is 485 g/mol. The highest BCUT2D eigenvalue weighted by atomic mass is 79.9. The van der Waals surface area contributed by atoms with Gasteiger partial charge in [0.25, 0.3) is 5.91 Å². The van der Waals surface area contributed by atoms with Crippen LogP contribution in [0.3, 0.4) is 0 Å². The molecule has 154 valence electrons. The van der Waals surface area contributed by atoms with E-state index in [-0.39, 0.29) is 18.5 Å². The number of amides is 3. The SMILES string of the molecule is CC1(C)NC(=O)N(CCNc2nccc(-c3scc(Br)c3-c3ccccc3)n2)C1=O. The van der Waals surface area contributed by atoms with E-state index in [1.807, 2.05) is 29.6 Å². The summed E-state index contributed by atoms with van der Waals surface area (Å²) in [6.45, 7) is 3.98. The molecular formula is C21H20BrN5O2S. The van der Waals surface area contributed by atoms with Gasteiger partial charge in [-0.15, -0.1) is 11.3 Å². The van der Waals surface area contributed by atoms with Crippen LogP contribution in [0, 0.1) is 0 Å². The number of carbonyl (C=O) groups is 2. The molecule has 3 heterocycles. The van der Waals surface area contributed by atoms with Crippen LogP contribution >= 0.6 is 27.3 Å². The summed E-state index contributed by atoms with van der Waals surface area (Å²) in [6, 6.07) is 11.6. The second-order valence-corrected chi connectivity index (χ2v) is 9.09. The molecule has 0 spiro atoms. The number of aromatic nitrogens is 2. The van der Waals surface area contributed by atoms with Gasteiger partial charge in [-0.2, -0.15) is 0 Å². The number of rotatable bonds is 6. The van der Waals surface area contributed by atoms with Crippen LogP contribution in [0.15, 0.2) is 52.4 Å². The highest BCUT2D eigenvalue weighted by molar-refractivity contribution is 9.10. The van der Waals surface area contributed by atoms with Gasteiger partial charge in [0.15, 0.2) is 0 Å². The Labute approximate surface area is 186 Å². The largest absolute Gasteiger partial charge is 0.352 e. The molecule has 0 atom stereocenters. The molecule has 3 aromatic rings. The molecule has 1 aromatic carbocycles. The molecule has 0 radical (unpaired) electrons. The molecule has 0 saturated carbocycles. The topological polar surface area (TPSA) is 87.2 Å². The van der Waals surface area contributed by atoms with E-state index < -0.39 is 5.54 Å². The zero-order chi connectivity index (χ0) is 21.3. The number of urea groups is 1. The second kappa shape index (κ2) is 8.16. The van der Waals surface area contributed by atoms with Gasteiger partial charge in [-0.05, 0) is 41.4 Å². The number of halogens is 1. The zero-order valence-corrected chi connectivity index (χ0v) is 18.9. The predicted molar refractivity (Wildman–Crippen MR) is 121 cm³/mol. The van der Waals surface area contributed by atoms with Crippen molar-refractivity contribution >= 4 is 45.2 Å². The van der Waals surface area contributed by atoms with Crippen molar-refractivity contribution in [2.75, 3.05) is 18.4 Å². The van der Waals surface area contributed by atoms with Crippen LogP contribution in [-0.4, -0.2) is 45.4 Å². The van der Waals surface area contributed by atoms with Gasteiger partial charge in [-0.25, -0.2) is 14.8 Å². The first kappa shape index (κ1) is 20.5. The van der Waals surface area contributed by atoms with Crippen LogP contribution in [0.1, 0.15) is 13.8 Å². The van der Waals surface area contributed by atoms with Gasteiger partial charge in [-0.1, -0.05) is 30.3 Å². The Hall–Kier alpha value is -2.78. The van der Waals surface area contributed by atoms with Crippen LogP contribution in [-0.2, 0) is 4.79 Å². The van der Waals surface area contributed by atoms with E-state index in [0.717, 1.165) is 26.2 Å². The van der Waals surface area contributed by atoms with E-state index in [1.54, 1.807) is 31.4 Å². The van der Waals surface area contributed by atoms with Gasteiger partial charge in [0.05, 0.1) is 10.6 Å². The maximum atomic E-state index is 12.3. The third-order valence-corrected chi connectivity index (χ3v) is 6.69. The number of nitrogens with one attached hydrogen (secondary N) is 2. The van der Waals surface area contributed by atoms with Crippen LogP contribution < -0.4 is 10.6 Å². The van der Waals surface area contributed by atoms with Crippen LogP contribution in [0.4, 0.5) is 10.7 Å². The van der Waals surface area contributed by atoms with Crippen molar-refractivity contribution in [2.24, 2.45) is 0 Å². The number of carbonyl (C=O) groups excluding carboxylic acids is 2. The highest BCUT2D eigenvalue weighted by Crippen LogP contribution is 2.42. The van der Waals surface area contributed by atoms with E-state index in [2.05, 4.69) is 48.7 Å². The van der Waals surface area contributed by atoms with Crippen molar-refractivity contribution < 1.29 is 9.59 Å². The average molecular weight is 486 g/mol. The second-order valence-electron chi connectivity index (χ2n) is 7.36. The molecule has 0 aliphatic carbocycles. The summed E-state index contributed by atoms with van der Waals surface area (Å²) in [5.74, 6) is 0.210. The van der Waals surface area contributed by atoms with Crippen molar-refractivity contribution in [1.82, 2.24) is 20.2 Å². The first-order valence-corrected chi connectivity index (χ1v) is 11.1. The van der Waals surface area contributed by atoms with E-state index in [9.17, 15) is 9.59 Å². The minimum absolute atomic E-state index is 0.236. The lowest BCUT2D eigenvalue weighted by Gasteiger charge is -2.16. The number of hydrogen-bond donors (Lipinski definition) is 2. The summed E-state index contributed by atoms with van der Waals surface area (Å²) in [5.41, 5.74) is 2.13. The molecule has 1 saturated heterocycles. The molecule has 0 unspecified atom stereocenters. The summed E-state index contributed by atoms with van der Waals surface area (Å²) in [7, 11) is 0. The summed E-state index contributed by atoms with van der Waals surface area (Å²) in [4.78, 5) is 35.4. The van der Waals surface area contributed by atoms with Crippen LogP contribution in [0.5, 0.6) is 0 Å². The lowest BCUT2D eigenvalue weighted by Crippen LogP contribution is -2.40. The minimum atomic E-state index is -0.867. The van der Waals surface area contributed by atoms with E-state index >= 15 is 0 Å². The molecule has 0 bridgehead atoms. The Balaban J connectivity index is 1.50. The Kier molecular flexibility index (Phi) is 5.57.